The van der Waals surface area contributed by atoms with E-state index in [0.29, 0.717) is 12.5 Å². The number of rotatable bonds is 7. The Bertz CT molecular complexity index is 310. The van der Waals surface area contributed by atoms with Crippen molar-refractivity contribution in [2.45, 2.75) is 51.2 Å². The first-order valence-electron chi connectivity index (χ1n) is 5.89. The van der Waals surface area contributed by atoms with Gasteiger partial charge in [0.05, 0.1) is 5.69 Å². The summed E-state index contributed by atoms with van der Waals surface area (Å²) in [5.41, 5.74) is 1.22. The summed E-state index contributed by atoms with van der Waals surface area (Å²) in [7, 11) is 0. The zero-order valence-corrected chi connectivity index (χ0v) is 11.5. The molecule has 0 spiro atoms. The summed E-state index contributed by atoms with van der Waals surface area (Å²) < 4.78 is 5.55. The predicted octanol–water partition coefficient (Wildman–Crippen LogP) is 3.57. The largest absolute Gasteiger partial charge is 0.374 e. The average molecular weight is 242 g/mol. The van der Waals surface area contributed by atoms with E-state index in [2.05, 4.69) is 37.0 Å². The van der Waals surface area contributed by atoms with Crippen molar-refractivity contribution in [3.8, 4) is 0 Å². The number of nitrogens with one attached hydrogen (secondary N) is 1. The number of nitrogens with zero attached hydrogens (tertiary/aromatic N) is 1. The van der Waals surface area contributed by atoms with E-state index in [9.17, 15) is 0 Å². The van der Waals surface area contributed by atoms with Crippen LogP contribution in [0, 0.1) is 0 Å². The molecule has 0 amide bonds. The van der Waals surface area contributed by atoms with Gasteiger partial charge in [-0.2, -0.15) is 0 Å². The van der Waals surface area contributed by atoms with Gasteiger partial charge in [0, 0.05) is 6.61 Å². The van der Waals surface area contributed by atoms with Crippen molar-refractivity contribution in [3.05, 3.63) is 11.5 Å². The van der Waals surface area contributed by atoms with Crippen LogP contribution in [0.2, 0.25) is 0 Å². The summed E-state index contributed by atoms with van der Waals surface area (Å²) in [6.45, 7) is 7.94. The number of hydrogen-bond acceptors (Lipinski definition) is 3. The van der Waals surface area contributed by atoms with Gasteiger partial charge in [0.1, 0.15) is 17.5 Å². The number of hydrogen-bond donors (Lipinski definition) is 1. The van der Waals surface area contributed by atoms with Gasteiger partial charge in [-0.15, -0.1) is 11.8 Å². The lowest BCUT2D eigenvalue weighted by Crippen LogP contribution is -1.97. The normalized spacial score (nSPS) is 11.3. The first-order valence-corrected chi connectivity index (χ1v) is 7.12. The summed E-state index contributed by atoms with van der Waals surface area (Å²) in [6, 6.07) is 0. The predicted molar refractivity (Wildman–Crippen MR) is 69.0 cm³/mol. The topological polar surface area (TPSA) is 37.9 Å². The lowest BCUT2D eigenvalue weighted by atomic mass is 10.2. The second kappa shape index (κ2) is 6.97. The first-order chi connectivity index (χ1) is 7.69. The molecule has 16 heavy (non-hydrogen) atoms. The van der Waals surface area contributed by atoms with Gasteiger partial charge in [0.25, 0.3) is 0 Å². The second-order valence-electron chi connectivity index (χ2n) is 4.17. The molecule has 3 nitrogen and oxygen atoms in total. The minimum Gasteiger partial charge on any atom is -0.374 e. The van der Waals surface area contributed by atoms with Crippen LogP contribution in [0.4, 0.5) is 0 Å². The zero-order chi connectivity index (χ0) is 12.0. The molecule has 0 aliphatic carbocycles. The van der Waals surface area contributed by atoms with Crippen LogP contribution in [0.1, 0.15) is 51.0 Å². The quantitative estimate of drug-likeness (QED) is 0.586. The third-order valence-corrected chi connectivity index (χ3v) is 3.10. The molecule has 1 rings (SSSR count). The fraction of sp³-hybridized carbons (Fsp3) is 0.750. The fourth-order valence-electron chi connectivity index (χ4n) is 1.45. The Labute approximate surface area is 102 Å². The maximum Gasteiger partial charge on any atom is 0.133 e. The first kappa shape index (κ1) is 13.6. The average Bonchev–Trinajstić information content (AvgIpc) is 2.68. The van der Waals surface area contributed by atoms with Crippen LogP contribution in [-0.4, -0.2) is 22.8 Å². The fourth-order valence-corrected chi connectivity index (χ4v) is 2.16. The van der Waals surface area contributed by atoms with Crippen molar-refractivity contribution < 1.29 is 4.74 Å². The van der Waals surface area contributed by atoms with Crippen LogP contribution in [-0.2, 0) is 11.3 Å². The lowest BCUT2D eigenvalue weighted by molar-refractivity contribution is 0.113. The summed E-state index contributed by atoms with van der Waals surface area (Å²) in [4.78, 5) is 7.88. The number of unbranched alkanes of at least 4 members (excludes halogenated alkanes) is 1. The van der Waals surface area contributed by atoms with E-state index in [1.54, 1.807) is 11.8 Å². The van der Waals surface area contributed by atoms with E-state index >= 15 is 0 Å². The van der Waals surface area contributed by atoms with Crippen LogP contribution in [0.25, 0.3) is 0 Å². The van der Waals surface area contributed by atoms with Crippen molar-refractivity contribution in [3.63, 3.8) is 0 Å². The Morgan fingerprint density at radius 1 is 1.44 bits per heavy atom. The van der Waals surface area contributed by atoms with Crippen molar-refractivity contribution >= 4 is 11.8 Å². The van der Waals surface area contributed by atoms with Crippen LogP contribution in [0.15, 0.2) is 5.03 Å². The molecule has 0 saturated heterocycles. The Hall–Kier alpha value is -0.480. The van der Waals surface area contributed by atoms with Gasteiger partial charge in [-0.1, -0.05) is 27.2 Å². The highest BCUT2D eigenvalue weighted by molar-refractivity contribution is 7.98. The summed E-state index contributed by atoms with van der Waals surface area (Å²) in [5, 5.41) is 1.10. The zero-order valence-electron chi connectivity index (χ0n) is 10.7. The van der Waals surface area contributed by atoms with Gasteiger partial charge in [-0.25, -0.2) is 4.98 Å². The van der Waals surface area contributed by atoms with Crippen LogP contribution >= 0.6 is 11.8 Å². The molecule has 0 aromatic carbocycles. The molecule has 0 aliphatic rings. The van der Waals surface area contributed by atoms with E-state index in [-0.39, 0.29) is 0 Å². The maximum atomic E-state index is 5.55. The van der Waals surface area contributed by atoms with E-state index in [0.717, 1.165) is 23.9 Å². The van der Waals surface area contributed by atoms with Crippen LogP contribution in [0.3, 0.4) is 0 Å². The molecule has 0 atom stereocenters. The standard InChI is InChI=1S/C12H22N2OS/c1-5-6-7-15-8-10-13-11(9(2)3)12(14-10)16-4/h9H,5-8H2,1-4H3,(H,13,14). The van der Waals surface area contributed by atoms with Gasteiger partial charge < -0.3 is 9.72 Å². The minimum atomic E-state index is 0.486. The maximum absolute atomic E-state index is 5.55. The highest BCUT2D eigenvalue weighted by Crippen LogP contribution is 2.24. The van der Waals surface area contributed by atoms with Crippen molar-refractivity contribution in [1.82, 2.24) is 9.97 Å². The Balaban J connectivity index is 2.54. The highest BCUT2D eigenvalue weighted by Gasteiger charge is 2.12. The summed E-state index contributed by atoms with van der Waals surface area (Å²) in [5.74, 6) is 1.43. The third kappa shape index (κ3) is 3.83. The summed E-state index contributed by atoms with van der Waals surface area (Å²) >= 11 is 1.69. The van der Waals surface area contributed by atoms with Gasteiger partial charge in [0.2, 0.25) is 0 Å². The van der Waals surface area contributed by atoms with Crippen molar-refractivity contribution in [2.75, 3.05) is 12.9 Å². The monoisotopic (exact) mass is 242 g/mol. The van der Waals surface area contributed by atoms with Crippen LogP contribution in [0.5, 0.6) is 0 Å². The second-order valence-corrected chi connectivity index (χ2v) is 4.96. The molecule has 92 valence electrons. The molecule has 1 aromatic heterocycles. The Kier molecular flexibility index (Phi) is 5.91. The molecule has 1 aromatic rings. The van der Waals surface area contributed by atoms with Gasteiger partial charge in [-0.3, -0.25) is 0 Å². The number of aromatic amines is 1. The number of H-pyrrole nitrogens is 1. The SMILES string of the molecule is CCCCOCc1nc(SC)c(C(C)C)[nH]1. The molecular weight excluding hydrogens is 220 g/mol. The van der Waals surface area contributed by atoms with E-state index in [1.165, 1.54) is 12.1 Å². The molecule has 0 fully saturated rings. The molecule has 0 saturated carbocycles. The molecule has 1 N–H and O–H groups in total. The number of imidazole rings is 1. The molecule has 1 heterocycles. The van der Waals surface area contributed by atoms with E-state index < -0.39 is 0 Å². The third-order valence-electron chi connectivity index (χ3n) is 2.40. The highest BCUT2D eigenvalue weighted by atomic mass is 32.2. The van der Waals surface area contributed by atoms with E-state index in [4.69, 9.17) is 4.74 Å². The lowest BCUT2D eigenvalue weighted by Gasteiger charge is -2.02. The molecule has 0 aliphatic heterocycles. The van der Waals surface area contributed by atoms with Crippen LogP contribution < -0.4 is 0 Å². The van der Waals surface area contributed by atoms with Gasteiger partial charge in [0.15, 0.2) is 0 Å². The summed E-state index contributed by atoms with van der Waals surface area (Å²) in [6.07, 6.45) is 4.35. The molecule has 0 bridgehead atoms. The molecule has 4 heteroatoms. The van der Waals surface area contributed by atoms with E-state index in [1.807, 2.05) is 0 Å². The van der Waals surface area contributed by atoms with Crippen molar-refractivity contribution in [2.24, 2.45) is 0 Å². The van der Waals surface area contributed by atoms with Gasteiger partial charge >= 0.3 is 0 Å². The smallest absolute Gasteiger partial charge is 0.133 e. The molecule has 0 unspecified atom stereocenters. The number of aromatic nitrogens is 2. The number of thioether (sulfide) groups is 1. The Morgan fingerprint density at radius 2 is 2.19 bits per heavy atom. The van der Waals surface area contributed by atoms with Gasteiger partial charge in [-0.05, 0) is 18.6 Å². The number of ether oxygens (including phenoxy) is 1. The van der Waals surface area contributed by atoms with Crippen molar-refractivity contribution in [1.29, 1.82) is 0 Å². The molecular formula is C12H22N2OS. The minimum absolute atomic E-state index is 0.486. The molecule has 0 radical (unpaired) electrons. The Morgan fingerprint density at radius 3 is 2.69 bits per heavy atom.